The Morgan fingerprint density at radius 2 is 2.40 bits per heavy atom. The van der Waals surface area contributed by atoms with Gasteiger partial charge in [0.1, 0.15) is 6.10 Å². The number of carbonyl (C=O) groups is 1. The predicted molar refractivity (Wildman–Crippen MR) is 35.6 cm³/mol. The molecule has 1 aliphatic carbocycles. The fourth-order valence-electron chi connectivity index (χ4n) is 1.83. The van der Waals surface area contributed by atoms with Crippen LogP contribution in [0.15, 0.2) is 0 Å². The number of rotatable bonds is 0. The molecule has 1 saturated carbocycles. The molecular weight excluding hydrogens is 130 g/mol. The molecule has 1 aliphatic heterocycles. The first-order valence-electron chi connectivity index (χ1n) is 3.74. The van der Waals surface area contributed by atoms with E-state index in [1.807, 2.05) is 0 Å². The summed E-state index contributed by atoms with van der Waals surface area (Å²) in [6.07, 6.45) is 2.14. The molecule has 0 spiro atoms. The third kappa shape index (κ3) is 0.696. The Labute approximate surface area is 59.7 Å². The zero-order valence-electron chi connectivity index (χ0n) is 5.96. The van der Waals surface area contributed by atoms with Crippen molar-refractivity contribution in [2.24, 2.45) is 5.92 Å². The summed E-state index contributed by atoms with van der Waals surface area (Å²) in [4.78, 5) is 10.7. The van der Waals surface area contributed by atoms with Crippen molar-refractivity contribution >= 4 is 6.09 Å². The molecule has 0 aromatic rings. The molecule has 0 aromatic carbocycles. The summed E-state index contributed by atoms with van der Waals surface area (Å²) in [5.41, 5.74) is 0. The topological polar surface area (TPSA) is 38.3 Å². The first kappa shape index (κ1) is 6.01. The lowest BCUT2D eigenvalue weighted by molar-refractivity contribution is 0.136. The second-order valence-electron chi connectivity index (χ2n) is 3.17. The molecular formula is C7H11NO2. The summed E-state index contributed by atoms with van der Waals surface area (Å²) in [5.74, 6) is 0.594. The number of amides is 1. The van der Waals surface area contributed by atoms with E-state index in [0.29, 0.717) is 12.0 Å². The number of hydrogen-bond donors (Lipinski definition) is 1. The van der Waals surface area contributed by atoms with Crippen LogP contribution in [0.2, 0.25) is 0 Å². The van der Waals surface area contributed by atoms with Crippen LogP contribution >= 0.6 is 0 Å². The Kier molecular flexibility index (Phi) is 1.13. The Hall–Kier alpha value is -0.730. The van der Waals surface area contributed by atoms with Gasteiger partial charge in [-0.15, -0.1) is 0 Å². The van der Waals surface area contributed by atoms with Gasteiger partial charge in [-0.05, 0) is 18.8 Å². The fraction of sp³-hybridized carbons (Fsp3) is 0.857. The summed E-state index contributed by atoms with van der Waals surface area (Å²) in [7, 11) is 0. The van der Waals surface area contributed by atoms with Crippen LogP contribution in [-0.2, 0) is 4.74 Å². The molecule has 1 heterocycles. The highest BCUT2D eigenvalue weighted by molar-refractivity contribution is 5.70. The standard InChI is InChI=1S/C7H11NO2/c1-4-2-3-5-6(4)8-7(9)10-5/h4-6H,2-3H2,1H3,(H,8,9)/t4-,5-,6+/m1/s1. The number of carbonyl (C=O) groups excluding carboxylic acids is 1. The molecule has 3 nitrogen and oxygen atoms in total. The highest BCUT2D eigenvalue weighted by Gasteiger charge is 2.42. The highest BCUT2D eigenvalue weighted by atomic mass is 16.6. The lowest BCUT2D eigenvalue weighted by atomic mass is 10.1. The average Bonchev–Trinajstić information content (AvgIpc) is 2.35. The molecule has 1 amide bonds. The Morgan fingerprint density at radius 3 is 3.10 bits per heavy atom. The summed E-state index contributed by atoms with van der Waals surface area (Å²) in [6, 6.07) is 0.299. The van der Waals surface area contributed by atoms with Crippen molar-refractivity contribution in [3.05, 3.63) is 0 Å². The molecule has 2 fully saturated rings. The highest BCUT2D eigenvalue weighted by Crippen LogP contribution is 2.31. The Morgan fingerprint density at radius 1 is 1.60 bits per heavy atom. The van der Waals surface area contributed by atoms with E-state index in [9.17, 15) is 4.79 Å². The van der Waals surface area contributed by atoms with Crippen LogP contribution < -0.4 is 5.32 Å². The van der Waals surface area contributed by atoms with E-state index in [0.717, 1.165) is 6.42 Å². The SMILES string of the molecule is C[C@@H]1CC[C@H]2OC(=O)N[C@@H]12. The number of nitrogens with one attached hydrogen (secondary N) is 1. The Bertz CT molecular complexity index is 169. The van der Waals surface area contributed by atoms with Gasteiger partial charge in [-0.25, -0.2) is 4.79 Å². The van der Waals surface area contributed by atoms with Gasteiger partial charge in [0.25, 0.3) is 0 Å². The molecule has 2 rings (SSSR count). The number of fused-ring (bicyclic) bond motifs is 1. The summed E-state index contributed by atoms with van der Waals surface area (Å²) >= 11 is 0. The molecule has 3 heteroatoms. The second-order valence-corrected chi connectivity index (χ2v) is 3.17. The maximum absolute atomic E-state index is 10.7. The average molecular weight is 141 g/mol. The van der Waals surface area contributed by atoms with Crippen LogP contribution in [0.25, 0.3) is 0 Å². The van der Waals surface area contributed by atoms with E-state index in [4.69, 9.17) is 4.74 Å². The minimum atomic E-state index is -0.235. The first-order chi connectivity index (χ1) is 4.77. The van der Waals surface area contributed by atoms with Crippen LogP contribution in [0.1, 0.15) is 19.8 Å². The van der Waals surface area contributed by atoms with Gasteiger partial charge in [0.15, 0.2) is 0 Å². The molecule has 0 unspecified atom stereocenters. The minimum absolute atomic E-state index is 0.169. The lowest BCUT2D eigenvalue weighted by Gasteiger charge is -2.09. The van der Waals surface area contributed by atoms with Crippen LogP contribution in [0.5, 0.6) is 0 Å². The van der Waals surface area contributed by atoms with E-state index in [-0.39, 0.29) is 12.2 Å². The zero-order chi connectivity index (χ0) is 7.14. The van der Waals surface area contributed by atoms with E-state index < -0.39 is 0 Å². The van der Waals surface area contributed by atoms with E-state index >= 15 is 0 Å². The van der Waals surface area contributed by atoms with Gasteiger partial charge in [0, 0.05) is 0 Å². The lowest BCUT2D eigenvalue weighted by Crippen LogP contribution is -2.31. The van der Waals surface area contributed by atoms with Crippen LogP contribution in [0.3, 0.4) is 0 Å². The van der Waals surface area contributed by atoms with Crippen molar-refractivity contribution in [1.82, 2.24) is 5.32 Å². The van der Waals surface area contributed by atoms with Crippen molar-refractivity contribution in [1.29, 1.82) is 0 Å². The quantitative estimate of drug-likeness (QED) is 0.544. The molecule has 3 atom stereocenters. The molecule has 1 N–H and O–H groups in total. The van der Waals surface area contributed by atoms with Crippen molar-refractivity contribution in [2.45, 2.75) is 31.9 Å². The van der Waals surface area contributed by atoms with E-state index in [1.165, 1.54) is 6.42 Å². The summed E-state index contributed by atoms with van der Waals surface area (Å²) < 4.78 is 5.01. The fourth-order valence-corrected chi connectivity index (χ4v) is 1.83. The molecule has 1 saturated heterocycles. The molecule has 0 bridgehead atoms. The molecule has 2 aliphatic rings. The molecule has 10 heavy (non-hydrogen) atoms. The van der Waals surface area contributed by atoms with Crippen molar-refractivity contribution in [3.8, 4) is 0 Å². The van der Waals surface area contributed by atoms with Crippen molar-refractivity contribution < 1.29 is 9.53 Å². The summed E-state index contributed by atoms with van der Waals surface area (Å²) in [5, 5.41) is 2.80. The third-order valence-electron chi connectivity index (χ3n) is 2.46. The number of alkyl carbamates (subject to hydrolysis) is 1. The largest absolute Gasteiger partial charge is 0.444 e. The normalized spacial score (nSPS) is 44.5. The van der Waals surface area contributed by atoms with Gasteiger partial charge in [0.05, 0.1) is 6.04 Å². The first-order valence-corrected chi connectivity index (χ1v) is 3.74. The molecule has 0 radical (unpaired) electrons. The van der Waals surface area contributed by atoms with Crippen molar-refractivity contribution in [3.63, 3.8) is 0 Å². The Balaban J connectivity index is 2.12. The van der Waals surface area contributed by atoms with Gasteiger partial charge in [-0.3, -0.25) is 0 Å². The van der Waals surface area contributed by atoms with Crippen molar-refractivity contribution in [2.75, 3.05) is 0 Å². The van der Waals surface area contributed by atoms with Crippen LogP contribution in [-0.4, -0.2) is 18.2 Å². The van der Waals surface area contributed by atoms with Gasteiger partial charge in [0.2, 0.25) is 0 Å². The predicted octanol–water partition coefficient (Wildman–Crippen LogP) is 0.893. The third-order valence-corrected chi connectivity index (χ3v) is 2.46. The maximum Gasteiger partial charge on any atom is 0.407 e. The van der Waals surface area contributed by atoms with Gasteiger partial charge in [-0.1, -0.05) is 6.92 Å². The maximum atomic E-state index is 10.7. The second kappa shape index (κ2) is 1.87. The zero-order valence-corrected chi connectivity index (χ0v) is 5.96. The van der Waals surface area contributed by atoms with Gasteiger partial charge < -0.3 is 10.1 Å². The van der Waals surface area contributed by atoms with Crippen LogP contribution in [0.4, 0.5) is 4.79 Å². The van der Waals surface area contributed by atoms with E-state index in [1.54, 1.807) is 0 Å². The molecule has 56 valence electrons. The van der Waals surface area contributed by atoms with Gasteiger partial charge in [-0.2, -0.15) is 0 Å². The minimum Gasteiger partial charge on any atom is -0.444 e. The monoisotopic (exact) mass is 141 g/mol. The van der Waals surface area contributed by atoms with E-state index in [2.05, 4.69) is 12.2 Å². The smallest absolute Gasteiger partial charge is 0.407 e. The summed E-state index contributed by atoms with van der Waals surface area (Å²) in [6.45, 7) is 2.15. The number of ether oxygens (including phenoxy) is 1. The van der Waals surface area contributed by atoms with Crippen LogP contribution in [0, 0.1) is 5.92 Å². The molecule has 0 aromatic heterocycles. The van der Waals surface area contributed by atoms with Gasteiger partial charge >= 0.3 is 6.09 Å². The number of hydrogen-bond acceptors (Lipinski definition) is 2.